The first kappa shape index (κ1) is 10.3. The SMILES string of the molecule is CCCc1ccccc1CNCC. The Kier molecular flexibility index (Phi) is 4.55. The van der Waals surface area contributed by atoms with Gasteiger partial charge in [0.05, 0.1) is 0 Å². The molecule has 0 saturated carbocycles. The highest BCUT2D eigenvalue weighted by molar-refractivity contribution is 5.27. The van der Waals surface area contributed by atoms with E-state index >= 15 is 0 Å². The summed E-state index contributed by atoms with van der Waals surface area (Å²) >= 11 is 0. The second-order valence-electron chi connectivity index (χ2n) is 3.30. The van der Waals surface area contributed by atoms with Gasteiger partial charge in [-0.05, 0) is 24.1 Å². The minimum Gasteiger partial charge on any atom is -0.313 e. The fourth-order valence-corrected chi connectivity index (χ4v) is 1.50. The van der Waals surface area contributed by atoms with Gasteiger partial charge < -0.3 is 5.32 Å². The lowest BCUT2D eigenvalue weighted by molar-refractivity contribution is 0.717. The highest BCUT2D eigenvalue weighted by Crippen LogP contribution is 2.10. The van der Waals surface area contributed by atoms with E-state index < -0.39 is 0 Å². The third-order valence-corrected chi connectivity index (χ3v) is 2.20. The quantitative estimate of drug-likeness (QED) is 0.729. The van der Waals surface area contributed by atoms with Crippen molar-refractivity contribution in [2.24, 2.45) is 0 Å². The van der Waals surface area contributed by atoms with Crippen LogP contribution in [0.3, 0.4) is 0 Å². The normalized spacial score (nSPS) is 10.3. The molecule has 1 heteroatoms. The van der Waals surface area contributed by atoms with Crippen LogP contribution >= 0.6 is 0 Å². The maximum absolute atomic E-state index is 3.36. The number of hydrogen-bond acceptors (Lipinski definition) is 1. The van der Waals surface area contributed by atoms with Gasteiger partial charge in [-0.3, -0.25) is 0 Å². The minimum atomic E-state index is 1.01. The average Bonchev–Trinajstić information content (AvgIpc) is 2.17. The molecule has 0 spiro atoms. The largest absolute Gasteiger partial charge is 0.313 e. The van der Waals surface area contributed by atoms with E-state index in [9.17, 15) is 0 Å². The molecule has 1 nitrogen and oxygen atoms in total. The third kappa shape index (κ3) is 3.19. The standard InChI is InChI=1S/C12H19N/c1-3-7-11-8-5-6-9-12(11)10-13-4-2/h5-6,8-9,13H,3-4,7,10H2,1-2H3. The van der Waals surface area contributed by atoms with E-state index in [1.807, 2.05) is 0 Å². The second-order valence-corrected chi connectivity index (χ2v) is 3.30. The molecule has 0 fully saturated rings. The topological polar surface area (TPSA) is 12.0 Å². The van der Waals surface area contributed by atoms with Crippen molar-refractivity contribution < 1.29 is 0 Å². The van der Waals surface area contributed by atoms with Gasteiger partial charge in [-0.2, -0.15) is 0 Å². The van der Waals surface area contributed by atoms with Gasteiger partial charge in [0.2, 0.25) is 0 Å². The molecular weight excluding hydrogens is 158 g/mol. The van der Waals surface area contributed by atoms with Gasteiger partial charge in [0, 0.05) is 6.54 Å². The molecule has 13 heavy (non-hydrogen) atoms. The second kappa shape index (κ2) is 5.76. The number of benzene rings is 1. The molecule has 0 unspecified atom stereocenters. The molecule has 0 saturated heterocycles. The molecule has 0 heterocycles. The van der Waals surface area contributed by atoms with Crippen LogP contribution in [0.5, 0.6) is 0 Å². The summed E-state index contributed by atoms with van der Waals surface area (Å²) in [7, 11) is 0. The van der Waals surface area contributed by atoms with Gasteiger partial charge >= 0.3 is 0 Å². The van der Waals surface area contributed by atoms with E-state index in [0.29, 0.717) is 0 Å². The van der Waals surface area contributed by atoms with E-state index in [1.54, 1.807) is 0 Å². The van der Waals surface area contributed by atoms with E-state index in [1.165, 1.54) is 24.0 Å². The Morgan fingerprint density at radius 2 is 1.77 bits per heavy atom. The smallest absolute Gasteiger partial charge is 0.0208 e. The lowest BCUT2D eigenvalue weighted by Crippen LogP contribution is -2.13. The fourth-order valence-electron chi connectivity index (χ4n) is 1.50. The van der Waals surface area contributed by atoms with Crippen LogP contribution in [-0.2, 0) is 13.0 Å². The molecule has 0 amide bonds. The molecule has 1 aromatic rings. The van der Waals surface area contributed by atoms with Crippen molar-refractivity contribution in [2.75, 3.05) is 6.54 Å². The molecule has 0 aliphatic rings. The summed E-state index contributed by atoms with van der Waals surface area (Å²) in [6, 6.07) is 8.69. The molecule has 0 aromatic heterocycles. The zero-order chi connectivity index (χ0) is 9.52. The minimum absolute atomic E-state index is 1.01. The Morgan fingerprint density at radius 3 is 2.38 bits per heavy atom. The van der Waals surface area contributed by atoms with Crippen LogP contribution in [-0.4, -0.2) is 6.54 Å². The molecular formula is C12H19N. The maximum atomic E-state index is 3.36. The van der Waals surface area contributed by atoms with Crippen LogP contribution in [0.1, 0.15) is 31.4 Å². The molecule has 1 N–H and O–H groups in total. The first-order chi connectivity index (χ1) is 6.38. The van der Waals surface area contributed by atoms with Crippen LogP contribution in [0.2, 0.25) is 0 Å². The molecule has 0 radical (unpaired) electrons. The van der Waals surface area contributed by atoms with Gasteiger partial charge in [0.15, 0.2) is 0 Å². The summed E-state index contributed by atoms with van der Waals surface area (Å²) in [4.78, 5) is 0. The first-order valence-electron chi connectivity index (χ1n) is 5.16. The molecule has 0 bridgehead atoms. The highest BCUT2D eigenvalue weighted by atomic mass is 14.8. The Balaban J connectivity index is 2.66. The zero-order valence-corrected chi connectivity index (χ0v) is 8.64. The number of hydrogen-bond donors (Lipinski definition) is 1. The Hall–Kier alpha value is -0.820. The average molecular weight is 177 g/mol. The molecule has 0 atom stereocenters. The van der Waals surface area contributed by atoms with E-state index in [4.69, 9.17) is 0 Å². The Morgan fingerprint density at radius 1 is 1.08 bits per heavy atom. The van der Waals surface area contributed by atoms with Crippen molar-refractivity contribution in [3.63, 3.8) is 0 Å². The summed E-state index contributed by atoms with van der Waals surface area (Å²) < 4.78 is 0. The lowest BCUT2D eigenvalue weighted by atomic mass is 10.0. The summed E-state index contributed by atoms with van der Waals surface area (Å²) in [5, 5.41) is 3.36. The van der Waals surface area contributed by atoms with Crippen LogP contribution in [0.25, 0.3) is 0 Å². The predicted octanol–water partition coefficient (Wildman–Crippen LogP) is 2.75. The Labute approximate surface area is 81.2 Å². The molecule has 0 aliphatic heterocycles. The number of rotatable bonds is 5. The van der Waals surface area contributed by atoms with Crippen LogP contribution in [0, 0.1) is 0 Å². The zero-order valence-electron chi connectivity index (χ0n) is 8.64. The van der Waals surface area contributed by atoms with Crippen molar-refractivity contribution in [2.45, 2.75) is 33.2 Å². The molecule has 1 rings (SSSR count). The lowest BCUT2D eigenvalue weighted by Gasteiger charge is -2.08. The summed E-state index contributed by atoms with van der Waals surface area (Å²) in [5.74, 6) is 0. The van der Waals surface area contributed by atoms with Crippen molar-refractivity contribution in [3.05, 3.63) is 35.4 Å². The predicted molar refractivity (Wildman–Crippen MR) is 57.8 cm³/mol. The van der Waals surface area contributed by atoms with Gasteiger partial charge in [-0.15, -0.1) is 0 Å². The third-order valence-electron chi connectivity index (χ3n) is 2.20. The molecule has 72 valence electrons. The van der Waals surface area contributed by atoms with Gasteiger partial charge in [-0.25, -0.2) is 0 Å². The fraction of sp³-hybridized carbons (Fsp3) is 0.500. The molecule has 1 aromatic carbocycles. The Bertz CT molecular complexity index is 243. The highest BCUT2D eigenvalue weighted by Gasteiger charge is 1.98. The monoisotopic (exact) mass is 177 g/mol. The van der Waals surface area contributed by atoms with Crippen LogP contribution < -0.4 is 5.32 Å². The van der Waals surface area contributed by atoms with E-state index in [-0.39, 0.29) is 0 Å². The van der Waals surface area contributed by atoms with Crippen molar-refractivity contribution in [3.8, 4) is 0 Å². The van der Waals surface area contributed by atoms with Crippen molar-refractivity contribution in [1.29, 1.82) is 0 Å². The maximum Gasteiger partial charge on any atom is 0.0208 e. The first-order valence-corrected chi connectivity index (χ1v) is 5.16. The van der Waals surface area contributed by atoms with Crippen molar-refractivity contribution >= 4 is 0 Å². The van der Waals surface area contributed by atoms with Crippen LogP contribution in [0.4, 0.5) is 0 Å². The summed E-state index contributed by atoms with van der Waals surface area (Å²) in [6.07, 6.45) is 2.42. The molecule has 0 aliphatic carbocycles. The van der Waals surface area contributed by atoms with Crippen LogP contribution in [0.15, 0.2) is 24.3 Å². The van der Waals surface area contributed by atoms with E-state index in [2.05, 4.69) is 43.4 Å². The number of nitrogens with one attached hydrogen (secondary N) is 1. The summed E-state index contributed by atoms with van der Waals surface area (Å²) in [5.41, 5.74) is 2.94. The van der Waals surface area contributed by atoms with Crippen molar-refractivity contribution in [1.82, 2.24) is 5.32 Å². The van der Waals surface area contributed by atoms with Gasteiger partial charge in [0.25, 0.3) is 0 Å². The number of aryl methyl sites for hydroxylation is 1. The summed E-state index contributed by atoms with van der Waals surface area (Å²) in [6.45, 7) is 6.42. The van der Waals surface area contributed by atoms with E-state index in [0.717, 1.165) is 13.1 Å². The van der Waals surface area contributed by atoms with Gasteiger partial charge in [0.1, 0.15) is 0 Å². The van der Waals surface area contributed by atoms with Gasteiger partial charge in [-0.1, -0.05) is 44.5 Å².